The molecule has 1 saturated heterocycles. The number of carbonyl (C=O) groups excluding carboxylic acids is 1. The van der Waals surface area contributed by atoms with E-state index in [2.05, 4.69) is 15.5 Å². The van der Waals surface area contributed by atoms with Gasteiger partial charge in [0.2, 0.25) is 0 Å². The molecule has 0 aliphatic carbocycles. The number of halogens is 2. The fourth-order valence-electron chi connectivity index (χ4n) is 2.30. The van der Waals surface area contributed by atoms with Gasteiger partial charge in [-0.15, -0.1) is 22.6 Å². The summed E-state index contributed by atoms with van der Waals surface area (Å²) in [6.45, 7) is 1.32. The summed E-state index contributed by atoms with van der Waals surface area (Å²) in [7, 11) is 0. The molecule has 1 unspecified atom stereocenters. The Balaban J connectivity index is 0.00000176. The average Bonchev–Trinajstić information content (AvgIpc) is 3.02. The second-order valence-electron chi connectivity index (χ2n) is 4.92. The third kappa shape index (κ3) is 3.76. The molecule has 6 nitrogen and oxygen atoms in total. The van der Waals surface area contributed by atoms with Crippen molar-refractivity contribution < 1.29 is 9.53 Å². The van der Waals surface area contributed by atoms with Crippen LogP contribution in [0.3, 0.4) is 0 Å². The van der Waals surface area contributed by atoms with Gasteiger partial charge in [0.05, 0.1) is 23.2 Å². The maximum absolute atomic E-state index is 12.2. The normalized spacial score (nSPS) is 17.6. The third-order valence-corrected chi connectivity index (χ3v) is 3.72. The zero-order valence-electron chi connectivity index (χ0n) is 11.7. The van der Waals surface area contributed by atoms with E-state index >= 15 is 0 Å². The SMILES string of the molecule is Cl.O=C(NC1CCCOC1)c1ccc(-n2cnnc2)cc1Cl. The van der Waals surface area contributed by atoms with E-state index in [0.717, 1.165) is 25.1 Å². The summed E-state index contributed by atoms with van der Waals surface area (Å²) < 4.78 is 7.08. The van der Waals surface area contributed by atoms with Gasteiger partial charge in [-0.3, -0.25) is 9.36 Å². The highest BCUT2D eigenvalue weighted by Gasteiger charge is 2.18. The van der Waals surface area contributed by atoms with Crippen LogP contribution in [0.1, 0.15) is 23.2 Å². The zero-order chi connectivity index (χ0) is 14.7. The summed E-state index contributed by atoms with van der Waals surface area (Å²) in [5.41, 5.74) is 1.27. The lowest BCUT2D eigenvalue weighted by molar-refractivity contribution is 0.0624. The highest BCUT2D eigenvalue weighted by molar-refractivity contribution is 6.34. The van der Waals surface area contributed by atoms with Gasteiger partial charge in [-0.25, -0.2) is 0 Å². The van der Waals surface area contributed by atoms with Crippen LogP contribution < -0.4 is 5.32 Å². The standard InChI is InChI=1S/C14H15ClN4O2.ClH/c15-13-6-11(19-8-16-17-9-19)3-4-12(13)14(20)18-10-2-1-5-21-7-10;/h3-4,6,8-10H,1-2,5,7H2,(H,18,20);1H. The van der Waals surface area contributed by atoms with Gasteiger partial charge in [0.25, 0.3) is 5.91 Å². The first-order valence-electron chi connectivity index (χ1n) is 6.77. The average molecular weight is 343 g/mol. The molecular weight excluding hydrogens is 327 g/mol. The summed E-state index contributed by atoms with van der Waals surface area (Å²) in [5, 5.41) is 10.8. The Morgan fingerprint density at radius 1 is 1.36 bits per heavy atom. The molecule has 1 amide bonds. The minimum atomic E-state index is -0.175. The van der Waals surface area contributed by atoms with Gasteiger partial charge in [0, 0.05) is 12.3 Å². The summed E-state index contributed by atoms with van der Waals surface area (Å²) in [6, 6.07) is 5.29. The van der Waals surface area contributed by atoms with Crippen LogP contribution in [0.5, 0.6) is 0 Å². The van der Waals surface area contributed by atoms with Crippen molar-refractivity contribution in [1.82, 2.24) is 20.1 Å². The summed E-state index contributed by atoms with van der Waals surface area (Å²) in [4.78, 5) is 12.2. The van der Waals surface area contributed by atoms with Crippen LogP contribution >= 0.6 is 24.0 Å². The van der Waals surface area contributed by atoms with Gasteiger partial charge in [0.15, 0.2) is 0 Å². The largest absolute Gasteiger partial charge is 0.379 e. The molecule has 22 heavy (non-hydrogen) atoms. The van der Waals surface area contributed by atoms with Crippen LogP contribution in [0.4, 0.5) is 0 Å². The second-order valence-corrected chi connectivity index (χ2v) is 5.33. The predicted molar refractivity (Wildman–Crippen MR) is 84.9 cm³/mol. The van der Waals surface area contributed by atoms with Crippen molar-refractivity contribution in [3.8, 4) is 5.69 Å². The van der Waals surface area contributed by atoms with Crippen LogP contribution in [0.25, 0.3) is 5.69 Å². The number of ether oxygens (including phenoxy) is 1. The molecule has 0 spiro atoms. The number of hydrogen-bond acceptors (Lipinski definition) is 4. The number of hydrogen-bond donors (Lipinski definition) is 1. The Bertz CT molecular complexity index is 628. The van der Waals surface area contributed by atoms with Gasteiger partial charge < -0.3 is 10.1 Å². The van der Waals surface area contributed by atoms with Crippen LogP contribution in [0, 0.1) is 0 Å². The van der Waals surface area contributed by atoms with E-state index < -0.39 is 0 Å². The van der Waals surface area contributed by atoms with Crippen LogP contribution in [0.2, 0.25) is 5.02 Å². The third-order valence-electron chi connectivity index (χ3n) is 3.41. The Kier molecular flexibility index (Phi) is 5.76. The number of aromatic nitrogens is 3. The molecule has 118 valence electrons. The molecule has 1 aromatic carbocycles. The first-order chi connectivity index (χ1) is 10.2. The Morgan fingerprint density at radius 3 is 2.77 bits per heavy atom. The molecule has 1 atom stereocenters. The molecule has 1 aromatic heterocycles. The second kappa shape index (κ2) is 7.58. The lowest BCUT2D eigenvalue weighted by atomic mass is 10.1. The smallest absolute Gasteiger partial charge is 0.253 e. The van der Waals surface area contributed by atoms with E-state index in [1.54, 1.807) is 29.4 Å². The lowest BCUT2D eigenvalue weighted by Crippen LogP contribution is -2.40. The molecule has 8 heteroatoms. The van der Waals surface area contributed by atoms with E-state index in [1.807, 2.05) is 6.07 Å². The van der Waals surface area contributed by atoms with E-state index in [0.29, 0.717) is 17.2 Å². The highest BCUT2D eigenvalue weighted by Crippen LogP contribution is 2.20. The minimum Gasteiger partial charge on any atom is -0.379 e. The number of benzene rings is 1. The van der Waals surface area contributed by atoms with Crippen molar-refractivity contribution in [2.45, 2.75) is 18.9 Å². The Labute approximate surface area is 139 Å². The van der Waals surface area contributed by atoms with Crippen LogP contribution in [-0.2, 0) is 4.74 Å². The predicted octanol–water partition coefficient (Wildman–Crippen LogP) is 2.25. The number of nitrogens with zero attached hydrogens (tertiary/aromatic N) is 3. The fourth-order valence-corrected chi connectivity index (χ4v) is 2.56. The van der Waals surface area contributed by atoms with Gasteiger partial charge >= 0.3 is 0 Å². The van der Waals surface area contributed by atoms with Gasteiger partial charge in [-0.1, -0.05) is 11.6 Å². The monoisotopic (exact) mass is 342 g/mol. The first-order valence-corrected chi connectivity index (χ1v) is 7.15. The Hall–Kier alpha value is -1.63. The van der Waals surface area contributed by atoms with E-state index in [9.17, 15) is 4.79 Å². The molecule has 0 radical (unpaired) electrons. The van der Waals surface area contributed by atoms with E-state index in [1.165, 1.54) is 0 Å². The maximum Gasteiger partial charge on any atom is 0.253 e. The number of carbonyl (C=O) groups is 1. The maximum atomic E-state index is 12.2. The van der Waals surface area contributed by atoms with Gasteiger partial charge in [0.1, 0.15) is 12.7 Å². The lowest BCUT2D eigenvalue weighted by Gasteiger charge is -2.23. The summed E-state index contributed by atoms with van der Waals surface area (Å²) in [5.74, 6) is -0.175. The van der Waals surface area contributed by atoms with Crippen molar-refractivity contribution >= 4 is 29.9 Å². The molecule has 1 aliphatic rings. The molecular formula is C14H16Cl2N4O2. The number of nitrogens with one attached hydrogen (secondary N) is 1. The van der Waals surface area contributed by atoms with Crippen molar-refractivity contribution in [3.63, 3.8) is 0 Å². The summed E-state index contributed by atoms with van der Waals surface area (Å²) >= 11 is 6.21. The number of amides is 1. The fraction of sp³-hybridized carbons (Fsp3) is 0.357. The quantitative estimate of drug-likeness (QED) is 0.928. The Morgan fingerprint density at radius 2 is 2.14 bits per heavy atom. The van der Waals surface area contributed by atoms with Crippen molar-refractivity contribution in [2.24, 2.45) is 0 Å². The molecule has 1 aliphatic heterocycles. The van der Waals surface area contributed by atoms with Crippen molar-refractivity contribution in [1.29, 1.82) is 0 Å². The van der Waals surface area contributed by atoms with Crippen LogP contribution in [-0.4, -0.2) is 39.9 Å². The van der Waals surface area contributed by atoms with Gasteiger partial charge in [-0.05, 0) is 31.0 Å². The first kappa shape index (κ1) is 16.7. The van der Waals surface area contributed by atoms with Gasteiger partial charge in [-0.2, -0.15) is 0 Å². The molecule has 1 N–H and O–H groups in total. The van der Waals surface area contributed by atoms with Crippen molar-refractivity contribution in [2.75, 3.05) is 13.2 Å². The molecule has 2 heterocycles. The number of rotatable bonds is 3. The topological polar surface area (TPSA) is 69.0 Å². The molecule has 3 rings (SSSR count). The molecule has 0 saturated carbocycles. The van der Waals surface area contributed by atoms with Crippen molar-refractivity contribution in [3.05, 3.63) is 41.4 Å². The molecule has 0 bridgehead atoms. The van der Waals surface area contributed by atoms with E-state index in [-0.39, 0.29) is 24.4 Å². The van der Waals surface area contributed by atoms with E-state index in [4.69, 9.17) is 16.3 Å². The highest BCUT2D eigenvalue weighted by atomic mass is 35.5. The zero-order valence-corrected chi connectivity index (χ0v) is 13.3. The molecule has 2 aromatic rings. The summed E-state index contributed by atoms with van der Waals surface area (Å²) in [6.07, 6.45) is 5.04. The minimum absolute atomic E-state index is 0. The molecule has 1 fully saturated rings. The van der Waals surface area contributed by atoms with Crippen LogP contribution in [0.15, 0.2) is 30.9 Å².